The molecule has 40 heavy (non-hydrogen) atoms. The van der Waals surface area contributed by atoms with Gasteiger partial charge in [-0.25, -0.2) is 19.5 Å². The minimum absolute atomic E-state index is 0.289. The molecule has 6 rings (SSSR count). The number of fused-ring (bicyclic) bond motifs is 2. The molecule has 0 bridgehead atoms. The van der Waals surface area contributed by atoms with Crippen molar-refractivity contribution in [3.8, 4) is 17.5 Å². The molecule has 0 aliphatic carbocycles. The van der Waals surface area contributed by atoms with Gasteiger partial charge in [-0.1, -0.05) is 36.1 Å². The van der Waals surface area contributed by atoms with Crippen molar-refractivity contribution in [3.63, 3.8) is 0 Å². The number of hydrogen-bond acceptors (Lipinski definition) is 7. The number of hydrogen-bond donors (Lipinski definition) is 1. The summed E-state index contributed by atoms with van der Waals surface area (Å²) in [5.74, 6) is 6.17. The van der Waals surface area contributed by atoms with Gasteiger partial charge in [-0.2, -0.15) is 10.2 Å². The first kappa shape index (κ1) is 24.7. The van der Waals surface area contributed by atoms with Crippen LogP contribution >= 0.6 is 0 Å². The van der Waals surface area contributed by atoms with Crippen molar-refractivity contribution < 1.29 is 4.79 Å². The molecule has 0 aliphatic rings. The monoisotopic (exact) mass is 529 g/mol. The summed E-state index contributed by atoms with van der Waals surface area (Å²) in [5, 5.41) is 11.8. The highest BCUT2D eigenvalue weighted by atomic mass is 16.2. The highest BCUT2D eigenvalue weighted by Crippen LogP contribution is 2.21. The number of aromatic nitrogens is 8. The van der Waals surface area contributed by atoms with Crippen LogP contribution in [0.5, 0.6) is 0 Å². The summed E-state index contributed by atoms with van der Waals surface area (Å²) < 4.78 is 4.64. The minimum atomic E-state index is -0.647. The molecule has 0 spiro atoms. The van der Waals surface area contributed by atoms with Gasteiger partial charge in [0.25, 0.3) is 11.5 Å². The van der Waals surface area contributed by atoms with Crippen LogP contribution in [0.15, 0.2) is 78.4 Å². The third-order valence-corrected chi connectivity index (χ3v) is 6.43. The Hall–Kier alpha value is -5.63. The number of amides is 1. The van der Waals surface area contributed by atoms with Gasteiger partial charge in [-0.15, -0.1) is 0 Å². The lowest BCUT2D eigenvalue weighted by atomic mass is 10.1. The molecule has 0 unspecified atom stereocenters. The number of nitrogens with one attached hydrogen (secondary N) is 1. The van der Waals surface area contributed by atoms with Crippen molar-refractivity contribution >= 4 is 22.5 Å². The van der Waals surface area contributed by atoms with E-state index in [0.717, 1.165) is 5.56 Å². The average Bonchev–Trinajstić information content (AvgIpc) is 3.53. The Labute approximate surface area is 228 Å². The molecule has 0 fully saturated rings. The summed E-state index contributed by atoms with van der Waals surface area (Å²) in [6.45, 7) is 3.52. The smallest absolute Gasteiger partial charge is 0.267 e. The van der Waals surface area contributed by atoms with Crippen LogP contribution in [0.3, 0.4) is 0 Å². The summed E-state index contributed by atoms with van der Waals surface area (Å²) >= 11 is 0. The summed E-state index contributed by atoms with van der Waals surface area (Å²) in [6.07, 6.45) is 6.32. The van der Waals surface area contributed by atoms with E-state index >= 15 is 0 Å². The number of benzene rings is 2. The molecule has 0 saturated carbocycles. The summed E-state index contributed by atoms with van der Waals surface area (Å²) in [4.78, 5) is 40.6. The van der Waals surface area contributed by atoms with Gasteiger partial charge in [0.2, 0.25) is 0 Å². The van der Waals surface area contributed by atoms with Crippen LogP contribution < -0.4 is 10.9 Å². The van der Waals surface area contributed by atoms with E-state index in [-0.39, 0.29) is 11.5 Å². The zero-order chi connectivity index (χ0) is 27.8. The van der Waals surface area contributed by atoms with E-state index in [4.69, 9.17) is 4.98 Å². The molecule has 0 saturated heterocycles. The highest BCUT2D eigenvalue weighted by Gasteiger charge is 2.24. The fourth-order valence-electron chi connectivity index (χ4n) is 4.61. The average molecular weight is 530 g/mol. The first-order chi connectivity index (χ1) is 19.4. The van der Waals surface area contributed by atoms with E-state index in [9.17, 15) is 9.59 Å². The van der Waals surface area contributed by atoms with Crippen molar-refractivity contribution in [2.45, 2.75) is 19.9 Å². The predicted molar refractivity (Wildman–Crippen MR) is 148 cm³/mol. The Balaban J connectivity index is 1.48. The second-order valence-electron chi connectivity index (χ2n) is 9.23. The normalized spacial score (nSPS) is 11.8. The molecule has 2 aromatic carbocycles. The first-order valence-electron chi connectivity index (χ1n) is 12.5. The lowest BCUT2D eigenvalue weighted by Crippen LogP contribution is -2.33. The quantitative estimate of drug-likeness (QED) is 0.348. The topological polar surface area (TPSA) is 125 Å². The molecule has 196 valence electrons. The fourth-order valence-corrected chi connectivity index (χ4v) is 4.61. The Morgan fingerprint density at radius 3 is 2.67 bits per heavy atom. The van der Waals surface area contributed by atoms with Gasteiger partial charge >= 0.3 is 0 Å². The minimum Gasteiger partial charge on any atom is -0.342 e. The van der Waals surface area contributed by atoms with Gasteiger partial charge in [-0.05, 0) is 38.1 Å². The molecule has 1 N–H and O–H groups in total. The van der Waals surface area contributed by atoms with Crippen molar-refractivity contribution in [1.29, 1.82) is 0 Å². The maximum absolute atomic E-state index is 14.1. The number of carbonyl (C=O) groups excluding carboxylic acids is 1. The van der Waals surface area contributed by atoms with Crippen LogP contribution in [-0.4, -0.2) is 44.8 Å². The van der Waals surface area contributed by atoms with E-state index in [1.807, 2.05) is 43.4 Å². The van der Waals surface area contributed by atoms with Crippen molar-refractivity contribution in [2.24, 2.45) is 7.05 Å². The zero-order valence-corrected chi connectivity index (χ0v) is 21.9. The Kier molecular flexibility index (Phi) is 6.12. The molecule has 0 aliphatic heterocycles. The second-order valence-corrected chi connectivity index (χ2v) is 9.23. The van der Waals surface area contributed by atoms with Gasteiger partial charge in [0, 0.05) is 18.8 Å². The molecule has 0 radical (unpaired) electrons. The maximum atomic E-state index is 14.1. The Bertz CT molecular complexity index is 2030. The molecule has 1 amide bonds. The van der Waals surface area contributed by atoms with Crippen LogP contribution in [0.2, 0.25) is 0 Å². The van der Waals surface area contributed by atoms with Crippen LogP contribution in [0.1, 0.15) is 46.0 Å². The summed E-state index contributed by atoms with van der Waals surface area (Å²) in [7, 11) is 1.82. The van der Waals surface area contributed by atoms with E-state index in [2.05, 4.69) is 37.3 Å². The van der Waals surface area contributed by atoms with E-state index < -0.39 is 6.04 Å². The lowest BCUT2D eigenvalue weighted by Gasteiger charge is -2.20. The number of carbonyl (C=O) groups is 1. The molecular weight excluding hydrogens is 506 g/mol. The Morgan fingerprint density at radius 2 is 1.90 bits per heavy atom. The van der Waals surface area contributed by atoms with Crippen molar-refractivity contribution in [3.05, 3.63) is 112 Å². The molecular formula is C29H23N9O2. The molecule has 4 heterocycles. The molecule has 11 heteroatoms. The highest BCUT2D eigenvalue weighted by molar-refractivity contribution is 6.01. The lowest BCUT2D eigenvalue weighted by molar-refractivity contribution is 0.0938. The summed E-state index contributed by atoms with van der Waals surface area (Å²) in [6, 6.07) is 13.9. The van der Waals surface area contributed by atoms with Gasteiger partial charge in [0.15, 0.2) is 5.65 Å². The largest absolute Gasteiger partial charge is 0.342 e. The first-order valence-corrected chi connectivity index (χ1v) is 12.5. The van der Waals surface area contributed by atoms with E-state index in [1.54, 1.807) is 43.1 Å². The van der Waals surface area contributed by atoms with Crippen molar-refractivity contribution in [2.75, 3.05) is 0 Å². The van der Waals surface area contributed by atoms with E-state index in [1.165, 1.54) is 21.7 Å². The van der Waals surface area contributed by atoms with Gasteiger partial charge < -0.3 is 5.32 Å². The summed E-state index contributed by atoms with van der Waals surface area (Å²) in [5.41, 5.74) is 3.32. The SMILES string of the molecule is Cc1nn2cncnc2c1C(=O)N[C@@H](C)c1nc2cccc(C#Cc3cnn(C)c3)c2c(=O)n1-c1ccccc1. The predicted octanol–water partition coefficient (Wildman–Crippen LogP) is 2.76. The van der Waals surface area contributed by atoms with Crippen LogP contribution in [-0.2, 0) is 7.05 Å². The van der Waals surface area contributed by atoms with E-state index in [0.29, 0.717) is 44.9 Å². The fraction of sp³-hybridized carbons (Fsp3) is 0.138. The molecule has 6 aromatic rings. The number of nitrogens with zero attached hydrogens (tertiary/aromatic N) is 8. The Morgan fingerprint density at radius 1 is 1.07 bits per heavy atom. The number of aryl methyl sites for hydroxylation is 2. The van der Waals surface area contributed by atoms with Gasteiger partial charge in [0.05, 0.1) is 40.1 Å². The standard InChI is InChI=1S/C29H23N9O2/c1-18-24(27-31-16-30-17-37(27)35-18)28(39)33-19(2)26-34-23-11-7-8-21(13-12-20-14-32-36(3)15-20)25(23)29(40)38(26)22-9-5-4-6-10-22/h4-11,14-17,19H,1-3H3,(H,33,39)/t19-/m0/s1. The second kappa shape index (κ2) is 9.92. The zero-order valence-electron chi connectivity index (χ0n) is 21.9. The number of rotatable bonds is 4. The van der Waals surface area contributed by atoms with Gasteiger partial charge in [0.1, 0.15) is 24.0 Å². The van der Waals surface area contributed by atoms with Crippen LogP contribution in [0.25, 0.3) is 22.2 Å². The van der Waals surface area contributed by atoms with Crippen LogP contribution in [0, 0.1) is 18.8 Å². The van der Waals surface area contributed by atoms with Gasteiger partial charge in [-0.3, -0.25) is 18.8 Å². The van der Waals surface area contributed by atoms with Crippen LogP contribution in [0.4, 0.5) is 0 Å². The van der Waals surface area contributed by atoms with Crippen molar-refractivity contribution in [1.82, 2.24) is 44.2 Å². The number of para-hydroxylation sites is 1. The molecule has 4 aromatic heterocycles. The molecule has 1 atom stereocenters. The molecule has 11 nitrogen and oxygen atoms in total. The maximum Gasteiger partial charge on any atom is 0.267 e. The third-order valence-electron chi connectivity index (χ3n) is 6.43. The third kappa shape index (κ3) is 4.37.